The molecule has 2 aromatic carbocycles. The van der Waals surface area contributed by atoms with Gasteiger partial charge in [0.1, 0.15) is 18.2 Å². The number of nitrogens with zero attached hydrogens (tertiary/aromatic N) is 2. The van der Waals surface area contributed by atoms with E-state index in [1.165, 1.54) is 0 Å². The first-order valence-electron chi connectivity index (χ1n) is 6.13. The smallest absolute Gasteiger partial charge is 0.147 e. The minimum atomic E-state index is 0.354. The molecule has 3 rings (SSSR count). The number of para-hydroxylation sites is 2. The Morgan fingerprint density at radius 1 is 1.15 bits per heavy atom. The average molecular weight is 307 g/mol. The first-order valence-corrected chi connectivity index (χ1v) is 6.89. The van der Waals surface area contributed by atoms with E-state index in [1.54, 1.807) is 18.2 Å². The summed E-state index contributed by atoms with van der Waals surface area (Å²) >= 11 is 11.9. The van der Waals surface area contributed by atoms with E-state index >= 15 is 0 Å². The van der Waals surface area contributed by atoms with Crippen molar-refractivity contribution in [3.05, 3.63) is 58.3 Å². The lowest BCUT2D eigenvalue weighted by molar-refractivity contribution is 0.292. The maximum Gasteiger partial charge on any atom is 0.147 e. The number of ether oxygens (including phenoxy) is 1. The van der Waals surface area contributed by atoms with Crippen molar-refractivity contribution in [2.24, 2.45) is 7.05 Å². The van der Waals surface area contributed by atoms with Crippen molar-refractivity contribution in [3.63, 3.8) is 0 Å². The van der Waals surface area contributed by atoms with Crippen LogP contribution in [0.25, 0.3) is 11.0 Å². The third kappa shape index (κ3) is 2.47. The summed E-state index contributed by atoms with van der Waals surface area (Å²) in [7, 11) is 1.97. The summed E-state index contributed by atoms with van der Waals surface area (Å²) in [6.07, 6.45) is 0. The van der Waals surface area contributed by atoms with Crippen molar-refractivity contribution in [1.82, 2.24) is 9.55 Å². The fraction of sp³-hybridized carbons (Fsp3) is 0.133. The maximum absolute atomic E-state index is 6.08. The minimum Gasteiger partial charge on any atom is -0.484 e. The third-order valence-electron chi connectivity index (χ3n) is 3.13. The number of fused-ring (bicyclic) bond motifs is 1. The van der Waals surface area contributed by atoms with Gasteiger partial charge in [-0.3, -0.25) is 0 Å². The Morgan fingerprint density at radius 2 is 1.95 bits per heavy atom. The van der Waals surface area contributed by atoms with E-state index in [0.717, 1.165) is 16.9 Å². The van der Waals surface area contributed by atoms with E-state index in [1.807, 2.05) is 35.9 Å². The average Bonchev–Trinajstić information content (AvgIpc) is 2.75. The lowest BCUT2D eigenvalue weighted by Gasteiger charge is -2.08. The summed E-state index contributed by atoms with van der Waals surface area (Å²) in [5.74, 6) is 1.44. The molecule has 0 unspecified atom stereocenters. The van der Waals surface area contributed by atoms with Crippen molar-refractivity contribution >= 4 is 34.2 Å². The van der Waals surface area contributed by atoms with E-state index in [0.29, 0.717) is 22.4 Å². The molecule has 3 nitrogen and oxygen atoms in total. The van der Waals surface area contributed by atoms with Gasteiger partial charge in [-0.05, 0) is 30.3 Å². The molecule has 0 fully saturated rings. The zero-order chi connectivity index (χ0) is 14.1. The van der Waals surface area contributed by atoms with Crippen molar-refractivity contribution in [1.29, 1.82) is 0 Å². The summed E-state index contributed by atoms with van der Waals surface area (Å²) in [6, 6.07) is 13.1. The maximum atomic E-state index is 6.08. The highest BCUT2D eigenvalue weighted by Crippen LogP contribution is 2.28. The van der Waals surface area contributed by atoms with E-state index < -0.39 is 0 Å². The number of aromatic nitrogens is 2. The predicted molar refractivity (Wildman–Crippen MR) is 81.5 cm³/mol. The van der Waals surface area contributed by atoms with Crippen LogP contribution in [0.4, 0.5) is 0 Å². The Morgan fingerprint density at radius 3 is 2.70 bits per heavy atom. The second kappa shape index (κ2) is 5.35. The second-order valence-corrected chi connectivity index (χ2v) is 5.28. The molecule has 0 saturated carbocycles. The molecule has 0 N–H and O–H groups in total. The Bertz CT molecular complexity index is 768. The highest BCUT2D eigenvalue weighted by Gasteiger charge is 2.09. The molecule has 0 spiro atoms. The monoisotopic (exact) mass is 306 g/mol. The number of rotatable bonds is 3. The summed E-state index contributed by atoms with van der Waals surface area (Å²) in [5, 5.41) is 1.08. The number of halogens is 2. The molecule has 0 aliphatic carbocycles. The molecule has 0 amide bonds. The Kier molecular flexibility index (Phi) is 3.55. The standard InChI is InChI=1S/C15H12Cl2N2O/c1-19-13-5-3-2-4-12(13)18-15(19)9-20-14-7-6-10(16)8-11(14)17/h2-8H,9H2,1H3. The number of imidazole rings is 1. The molecule has 1 heterocycles. The number of hydrogen-bond acceptors (Lipinski definition) is 2. The van der Waals surface area contributed by atoms with Gasteiger partial charge in [0.15, 0.2) is 0 Å². The van der Waals surface area contributed by atoms with Crippen LogP contribution < -0.4 is 4.74 Å². The molecule has 0 bridgehead atoms. The largest absolute Gasteiger partial charge is 0.484 e. The minimum absolute atomic E-state index is 0.354. The molecule has 0 saturated heterocycles. The van der Waals surface area contributed by atoms with Crippen LogP contribution >= 0.6 is 23.2 Å². The van der Waals surface area contributed by atoms with Crippen LogP contribution in [-0.2, 0) is 13.7 Å². The van der Waals surface area contributed by atoms with Crippen LogP contribution in [0.15, 0.2) is 42.5 Å². The molecule has 5 heteroatoms. The highest BCUT2D eigenvalue weighted by atomic mass is 35.5. The fourth-order valence-corrected chi connectivity index (χ4v) is 2.52. The molecule has 1 aromatic heterocycles. The first-order chi connectivity index (χ1) is 9.65. The van der Waals surface area contributed by atoms with Gasteiger partial charge in [-0.1, -0.05) is 35.3 Å². The van der Waals surface area contributed by atoms with Gasteiger partial charge in [0.2, 0.25) is 0 Å². The van der Waals surface area contributed by atoms with Crippen LogP contribution in [0.5, 0.6) is 5.75 Å². The van der Waals surface area contributed by atoms with Crippen LogP contribution in [0.1, 0.15) is 5.82 Å². The van der Waals surface area contributed by atoms with Crippen LogP contribution in [-0.4, -0.2) is 9.55 Å². The molecule has 0 aliphatic rings. The van der Waals surface area contributed by atoms with Gasteiger partial charge in [0.05, 0.1) is 16.1 Å². The van der Waals surface area contributed by atoms with E-state index in [2.05, 4.69) is 4.98 Å². The first kappa shape index (κ1) is 13.3. The number of hydrogen-bond donors (Lipinski definition) is 0. The van der Waals surface area contributed by atoms with Gasteiger partial charge in [-0.2, -0.15) is 0 Å². The van der Waals surface area contributed by atoms with Gasteiger partial charge < -0.3 is 9.30 Å². The second-order valence-electron chi connectivity index (χ2n) is 4.44. The van der Waals surface area contributed by atoms with Crippen molar-refractivity contribution < 1.29 is 4.74 Å². The van der Waals surface area contributed by atoms with Gasteiger partial charge in [-0.25, -0.2) is 4.98 Å². The lowest BCUT2D eigenvalue weighted by Crippen LogP contribution is -2.03. The molecule has 3 aromatic rings. The Hall–Kier alpha value is -1.71. The van der Waals surface area contributed by atoms with Crippen molar-refractivity contribution in [2.75, 3.05) is 0 Å². The molecular weight excluding hydrogens is 295 g/mol. The molecular formula is C15H12Cl2N2O. The van der Waals surface area contributed by atoms with Gasteiger partial charge in [0.25, 0.3) is 0 Å². The fourth-order valence-electron chi connectivity index (χ4n) is 2.06. The summed E-state index contributed by atoms with van der Waals surface area (Å²) in [5.41, 5.74) is 2.03. The van der Waals surface area contributed by atoms with Crippen LogP contribution in [0, 0.1) is 0 Å². The summed E-state index contributed by atoms with van der Waals surface area (Å²) < 4.78 is 7.73. The highest BCUT2D eigenvalue weighted by molar-refractivity contribution is 6.35. The zero-order valence-electron chi connectivity index (χ0n) is 10.8. The molecule has 0 aliphatic heterocycles. The number of aryl methyl sites for hydroxylation is 1. The lowest BCUT2D eigenvalue weighted by atomic mass is 10.3. The predicted octanol–water partition coefficient (Wildman–Crippen LogP) is 4.46. The molecule has 0 radical (unpaired) electrons. The van der Waals surface area contributed by atoms with E-state index in [9.17, 15) is 0 Å². The number of benzene rings is 2. The summed E-state index contributed by atoms with van der Waals surface area (Å²) in [4.78, 5) is 4.54. The van der Waals surface area contributed by atoms with E-state index in [4.69, 9.17) is 27.9 Å². The normalized spacial score (nSPS) is 10.9. The third-order valence-corrected chi connectivity index (χ3v) is 3.66. The van der Waals surface area contributed by atoms with Crippen LogP contribution in [0.3, 0.4) is 0 Å². The van der Waals surface area contributed by atoms with E-state index in [-0.39, 0.29) is 0 Å². The topological polar surface area (TPSA) is 27.1 Å². The van der Waals surface area contributed by atoms with Gasteiger partial charge in [-0.15, -0.1) is 0 Å². The molecule has 20 heavy (non-hydrogen) atoms. The quantitative estimate of drug-likeness (QED) is 0.714. The van der Waals surface area contributed by atoms with Crippen molar-refractivity contribution in [2.45, 2.75) is 6.61 Å². The van der Waals surface area contributed by atoms with Gasteiger partial charge in [0, 0.05) is 12.1 Å². The van der Waals surface area contributed by atoms with Crippen molar-refractivity contribution in [3.8, 4) is 5.75 Å². The zero-order valence-corrected chi connectivity index (χ0v) is 12.3. The van der Waals surface area contributed by atoms with Gasteiger partial charge >= 0.3 is 0 Å². The Labute approximate surface area is 126 Å². The Balaban J connectivity index is 1.85. The SMILES string of the molecule is Cn1c(COc2ccc(Cl)cc2Cl)nc2ccccc21. The summed E-state index contributed by atoms with van der Waals surface area (Å²) in [6.45, 7) is 0.354. The molecule has 102 valence electrons. The van der Waals surface area contributed by atoms with Crippen LogP contribution in [0.2, 0.25) is 10.0 Å². The molecule has 0 atom stereocenters.